The number of carbonyl (C=O) groups is 1. The highest BCUT2D eigenvalue weighted by atomic mass is 16.5. The fourth-order valence-electron chi connectivity index (χ4n) is 3.85. The first kappa shape index (κ1) is 20.7. The first-order valence-corrected chi connectivity index (χ1v) is 10.3. The van der Waals surface area contributed by atoms with E-state index in [1.807, 2.05) is 43.3 Å². The Morgan fingerprint density at radius 2 is 1.46 bits per heavy atom. The molecule has 4 nitrogen and oxygen atoms in total. The van der Waals surface area contributed by atoms with Gasteiger partial charge in [0, 0.05) is 44.2 Å². The summed E-state index contributed by atoms with van der Waals surface area (Å²) in [4.78, 5) is 17.4. The molecular formula is C24H32N2O2. The molecule has 1 aliphatic heterocycles. The number of Topliss-reactive ketones (excluding diaryl/α,β-unsaturated/α-hetero) is 1. The quantitative estimate of drug-likeness (QED) is 0.641. The van der Waals surface area contributed by atoms with E-state index in [9.17, 15) is 4.79 Å². The van der Waals surface area contributed by atoms with Crippen molar-refractivity contribution >= 4 is 5.78 Å². The summed E-state index contributed by atoms with van der Waals surface area (Å²) < 4.78 is 6.24. The highest BCUT2D eigenvalue weighted by Gasteiger charge is 2.25. The molecule has 0 aromatic heterocycles. The lowest BCUT2D eigenvalue weighted by Gasteiger charge is -2.39. The van der Waals surface area contributed by atoms with Crippen LogP contribution >= 0.6 is 0 Å². The minimum Gasteiger partial charge on any atom is -0.356 e. The number of ether oxygens (including phenoxy) is 1. The van der Waals surface area contributed by atoms with Crippen molar-refractivity contribution in [2.24, 2.45) is 5.92 Å². The van der Waals surface area contributed by atoms with E-state index in [1.165, 1.54) is 5.56 Å². The van der Waals surface area contributed by atoms with Crippen molar-refractivity contribution in [2.75, 3.05) is 32.7 Å². The van der Waals surface area contributed by atoms with Gasteiger partial charge in [0.05, 0.1) is 6.10 Å². The molecule has 0 unspecified atom stereocenters. The largest absolute Gasteiger partial charge is 0.356 e. The van der Waals surface area contributed by atoms with Crippen molar-refractivity contribution in [2.45, 2.75) is 33.1 Å². The summed E-state index contributed by atoms with van der Waals surface area (Å²) in [6.45, 7) is 11.0. The lowest BCUT2D eigenvalue weighted by molar-refractivity contribution is -0.0976. The third kappa shape index (κ3) is 5.51. The Balaban J connectivity index is 1.44. The van der Waals surface area contributed by atoms with Gasteiger partial charge in [0.2, 0.25) is 0 Å². The normalized spacial score (nSPS) is 19.1. The number of hydrogen-bond donors (Lipinski definition) is 0. The van der Waals surface area contributed by atoms with Gasteiger partial charge in [-0.25, -0.2) is 0 Å². The van der Waals surface area contributed by atoms with Crippen LogP contribution < -0.4 is 0 Å². The Kier molecular flexibility index (Phi) is 7.37. The maximum Gasteiger partial charge on any atom is 0.166 e. The molecule has 1 heterocycles. The number of benzene rings is 2. The molecule has 0 radical (unpaired) electrons. The Labute approximate surface area is 169 Å². The first-order chi connectivity index (χ1) is 13.5. The predicted octanol–water partition coefficient (Wildman–Crippen LogP) is 4.25. The minimum absolute atomic E-state index is 0.0146. The van der Waals surface area contributed by atoms with Gasteiger partial charge in [-0.1, -0.05) is 67.6 Å². The predicted molar refractivity (Wildman–Crippen MR) is 113 cm³/mol. The molecule has 1 saturated heterocycles. The highest BCUT2D eigenvalue weighted by molar-refractivity contribution is 5.97. The van der Waals surface area contributed by atoms with E-state index in [4.69, 9.17) is 4.74 Å². The van der Waals surface area contributed by atoms with Crippen LogP contribution in [0.4, 0.5) is 0 Å². The van der Waals surface area contributed by atoms with E-state index in [0.29, 0.717) is 0 Å². The van der Waals surface area contributed by atoms with Crippen LogP contribution in [0.1, 0.15) is 42.8 Å². The monoisotopic (exact) mass is 380 g/mol. The molecule has 28 heavy (non-hydrogen) atoms. The zero-order chi connectivity index (χ0) is 19.9. The summed E-state index contributed by atoms with van der Waals surface area (Å²) in [5.74, 6) is 0.247. The average molecular weight is 381 g/mol. The van der Waals surface area contributed by atoms with Gasteiger partial charge in [0.1, 0.15) is 6.23 Å². The van der Waals surface area contributed by atoms with Crippen LogP contribution in [0.3, 0.4) is 0 Å². The summed E-state index contributed by atoms with van der Waals surface area (Å²) in [5.41, 5.74) is 2.02. The Morgan fingerprint density at radius 3 is 2.07 bits per heavy atom. The summed E-state index contributed by atoms with van der Waals surface area (Å²) in [7, 11) is 0. The zero-order valence-corrected chi connectivity index (χ0v) is 17.3. The molecule has 1 aliphatic rings. The molecule has 0 saturated carbocycles. The third-order valence-electron chi connectivity index (χ3n) is 5.63. The van der Waals surface area contributed by atoms with Gasteiger partial charge >= 0.3 is 0 Å². The summed E-state index contributed by atoms with van der Waals surface area (Å²) >= 11 is 0. The second kappa shape index (κ2) is 9.97. The summed E-state index contributed by atoms with van der Waals surface area (Å²) in [6.07, 6.45) is 0.165. The van der Waals surface area contributed by atoms with Crippen molar-refractivity contribution in [1.29, 1.82) is 0 Å². The third-order valence-corrected chi connectivity index (χ3v) is 5.63. The van der Waals surface area contributed by atoms with Crippen LogP contribution in [-0.2, 0) is 4.74 Å². The number of hydrogen-bond acceptors (Lipinski definition) is 4. The molecule has 4 heteroatoms. The van der Waals surface area contributed by atoms with E-state index in [2.05, 4.69) is 47.9 Å². The fourth-order valence-corrected chi connectivity index (χ4v) is 3.85. The number of ketones is 1. The standard InChI is InChI=1S/C24H32N2O2/c1-19(24(27)23-12-8-5-9-13-23)18-25-14-16-26(17-15-25)21(3)28-20(2)22-10-6-4-7-11-22/h4-13,19-21H,14-18H2,1-3H3/t19-,20-,21+/m1/s1. The smallest absolute Gasteiger partial charge is 0.166 e. The topological polar surface area (TPSA) is 32.8 Å². The SMILES string of the molecule is C[C@H](CN1CCN([C@H](C)O[C@H](C)c2ccccc2)CC1)C(=O)c1ccccc1. The lowest BCUT2D eigenvalue weighted by Crippen LogP contribution is -2.51. The molecule has 0 spiro atoms. The van der Waals surface area contributed by atoms with Crippen molar-refractivity contribution in [3.8, 4) is 0 Å². The maximum absolute atomic E-state index is 12.6. The van der Waals surface area contributed by atoms with Crippen LogP contribution in [0.15, 0.2) is 60.7 Å². The van der Waals surface area contributed by atoms with Crippen molar-refractivity contribution < 1.29 is 9.53 Å². The molecule has 0 N–H and O–H groups in total. The summed E-state index contributed by atoms with van der Waals surface area (Å²) in [6, 6.07) is 20.0. The van der Waals surface area contributed by atoms with Crippen LogP contribution in [-0.4, -0.2) is 54.5 Å². The molecule has 2 aromatic carbocycles. The zero-order valence-electron chi connectivity index (χ0n) is 17.3. The van der Waals surface area contributed by atoms with Crippen molar-refractivity contribution in [1.82, 2.24) is 9.80 Å². The minimum atomic E-state index is 0.0146. The van der Waals surface area contributed by atoms with Gasteiger partial charge in [-0.3, -0.25) is 9.69 Å². The Bertz CT molecular complexity index is 727. The van der Waals surface area contributed by atoms with Gasteiger partial charge in [-0.15, -0.1) is 0 Å². The van der Waals surface area contributed by atoms with Crippen LogP contribution in [0.2, 0.25) is 0 Å². The second-order valence-electron chi connectivity index (χ2n) is 7.76. The first-order valence-electron chi connectivity index (χ1n) is 10.3. The highest BCUT2D eigenvalue weighted by Crippen LogP contribution is 2.20. The molecule has 150 valence electrons. The van der Waals surface area contributed by atoms with E-state index in [1.54, 1.807) is 0 Å². The van der Waals surface area contributed by atoms with Crippen molar-refractivity contribution in [3.05, 3.63) is 71.8 Å². The molecule has 3 atom stereocenters. The van der Waals surface area contributed by atoms with Gasteiger partial charge in [-0.05, 0) is 19.4 Å². The molecule has 0 aliphatic carbocycles. The summed E-state index contributed by atoms with van der Waals surface area (Å²) in [5, 5.41) is 0. The number of carbonyl (C=O) groups excluding carboxylic acids is 1. The molecule has 0 amide bonds. The Morgan fingerprint density at radius 1 is 0.893 bits per heavy atom. The number of piperazine rings is 1. The van der Waals surface area contributed by atoms with Gasteiger partial charge in [0.25, 0.3) is 0 Å². The average Bonchev–Trinajstić information content (AvgIpc) is 2.74. The fraction of sp³-hybridized carbons (Fsp3) is 0.458. The van der Waals surface area contributed by atoms with Crippen LogP contribution in [0, 0.1) is 5.92 Å². The van der Waals surface area contributed by atoms with E-state index in [-0.39, 0.29) is 24.0 Å². The number of rotatable bonds is 8. The molecule has 1 fully saturated rings. The lowest BCUT2D eigenvalue weighted by atomic mass is 9.98. The van der Waals surface area contributed by atoms with Gasteiger partial charge < -0.3 is 9.64 Å². The van der Waals surface area contributed by atoms with Gasteiger partial charge in [0.15, 0.2) is 5.78 Å². The Hall–Kier alpha value is -2.01. The second-order valence-corrected chi connectivity index (χ2v) is 7.76. The van der Waals surface area contributed by atoms with Crippen molar-refractivity contribution in [3.63, 3.8) is 0 Å². The van der Waals surface area contributed by atoms with Crippen LogP contribution in [0.5, 0.6) is 0 Å². The molecule has 2 aromatic rings. The molecular weight excluding hydrogens is 348 g/mol. The maximum atomic E-state index is 12.6. The molecule has 0 bridgehead atoms. The van der Waals surface area contributed by atoms with Gasteiger partial charge in [-0.2, -0.15) is 0 Å². The number of nitrogens with zero attached hydrogens (tertiary/aromatic N) is 2. The van der Waals surface area contributed by atoms with E-state index >= 15 is 0 Å². The molecule has 3 rings (SSSR count). The van der Waals surface area contributed by atoms with Crippen LogP contribution in [0.25, 0.3) is 0 Å². The van der Waals surface area contributed by atoms with E-state index < -0.39 is 0 Å². The van der Waals surface area contributed by atoms with E-state index in [0.717, 1.165) is 38.3 Å².